The molecule has 0 spiro atoms. The van der Waals surface area contributed by atoms with Gasteiger partial charge >= 0.3 is 0 Å². The van der Waals surface area contributed by atoms with Crippen molar-refractivity contribution in [3.63, 3.8) is 0 Å². The number of hydrogen-bond acceptors (Lipinski definition) is 3. The van der Waals surface area contributed by atoms with E-state index in [9.17, 15) is 14.7 Å². The number of carbonyl (C=O) groups is 2. The summed E-state index contributed by atoms with van der Waals surface area (Å²) in [6, 6.07) is 4.97. The molecule has 0 saturated carbocycles. The Bertz CT molecular complexity index is 440. The lowest BCUT2D eigenvalue weighted by molar-refractivity contribution is -0.124. The number of amides is 1. The van der Waals surface area contributed by atoms with Gasteiger partial charge in [0.05, 0.1) is 5.69 Å². The van der Waals surface area contributed by atoms with Crippen LogP contribution in [0.2, 0.25) is 0 Å². The Hall–Kier alpha value is -1.84. The Morgan fingerprint density at radius 1 is 1.41 bits per heavy atom. The smallest absolute Gasteiger partial charge is 0.227 e. The first kappa shape index (κ1) is 13.2. The largest absolute Gasteiger partial charge is 0.506 e. The molecule has 0 aromatic heterocycles. The molecule has 0 aliphatic carbocycles. The second-order valence-electron chi connectivity index (χ2n) is 4.32. The van der Waals surface area contributed by atoms with Gasteiger partial charge in [-0.2, -0.15) is 0 Å². The average molecular weight is 235 g/mol. The minimum Gasteiger partial charge on any atom is -0.506 e. The molecule has 0 radical (unpaired) electrons. The van der Waals surface area contributed by atoms with Crippen LogP contribution < -0.4 is 5.32 Å². The number of aryl methyl sites for hydroxylation is 1. The van der Waals surface area contributed by atoms with E-state index in [1.54, 1.807) is 19.1 Å². The first-order valence-electron chi connectivity index (χ1n) is 5.50. The van der Waals surface area contributed by atoms with Gasteiger partial charge in [-0.25, -0.2) is 0 Å². The molecule has 1 atom stereocenters. The molecular weight excluding hydrogens is 218 g/mol. The summed E-state index contributed by atoms with van der Waals surface area (Å²) in [5.74, 6) is -0.659. The fourth-order valence-electron chi connectivity index (χ4n) is 1.53. The zero-order chi connectivity index (χ0) is 13.0. The number of rotatable bonds is 4. The molecule has 1 aromatic carbocycles. The normalized spacial score (nSPS) is 11.9. The fourth-order valence-corrected chi connectivity index (χ4v) is 1.53. The third kappa shape index (κ3) is 3.90. The number of aromatic hydroxyl groups is 1. The number of ketones is 1. The summed E-state index contributed by atoms with van der Waals surface area (Å²) < 4.78 is 0. The Morgan fingerprint density at radius 3 is 2.65 bits per heavy atom. The monoisotopic (exact) mass is 235 g/mol. The van der Waals surface area contributed by atoms with Gasteiger partial charge in [0.25, 0.3) is 0 Å². The average Bonchev–Trinajstić information content (AvgIpc) is 2.22. The van der Waals surface area contributed by atoms with Gasteiger partial charge in [-0.05, 0) is 31.5 Å². The molecular formula is C13H17NO3. The number of phenolic OH excluding ortho intramolecular Hbond substituents is 1. The van der Waals surface area contributed by atoms with Gasteiger partial charge in [-0.3, -0.25) is 4.79 Å². The van der Waals surface area contributed by atoms with E-state index in [4.69, 9.17) is 0 Å². The van der Waals surface area contributed by atoms with Crippen LogP contribution in [-0.2, 0) is 9.59 Å². The maximum Gasteiger partial charge on any atom is 0.227 e. The van der Waals surface area contributed by atoms with Crippen molar-refractivity contribution in [3.8, 4) is 5.75 Å². The molecule has 2 N–H and O–H groups in total. The molecule has 0 aliphatic heterocycles. The first-order chi connectivity index (χ1) is 7.90. The van der Waals surface area contributed by atoms with E-state index in [2.05, 4.69) is 5.32 Å². The number of anilines is 1. The van der Waals surface area contributed by atoms with Crippen LogP contribution in [0.1, 0.15) is 25.8 Å². The van der Waals surface area contributed by atoms with Crippen LogP contribution >= 0.6 is 0 Å². The fraction of sp³-hybridized carbons (Fsp3) is 0.385. The number of hydrogen-bond donors (Lipinski definition) is 2. The molecule has 0 bridgehead atoms. The molecule has 1 unspecified atom stereocenters. The van der Waals surface area contributed by atoms with Crippen LogP contribution in [0.5, 0.6) is 5.75 Å². The minimum absolute atomic E-state index is 0.0267. The van der Waals surface area contributed by atoms with Gasteiger partial charge < -0.3 is 15.2 Å². The Morgan fingerprint density at radius 2 is 2.06 bits per heavy atom. The standard InChI is InChI=1S/C13H17NO3/c1-8-4-5-12(16)11(6-8)14-13(17)9(2)7-10(3)15/h4-6,9,16H,7H2,1-3H3,(H,14,17). The predicted molar refractivity (Wildman–Crippen MR) is 65.9 cm³/mol. The Labute approximate surface area is 101 Å². The number of carbonyl (C=O) groups excluding carboxylic acids is 2. The van der Waals surface area contributed by atoms with E-state index < -0.39 is 5.92 Å². The maximum atomic E-state index is 11.7. The highest BCUT2D eigenvalue weighted by molar-refractivity contribution is 5.96. The van der Waals surface area contributed by atoms with Crippen LogP contribution in [-0.4, -0.2) is 16.8 Å². The lowest BCUT2D eigenvalue weighted by Crippen LogP contribution is -2.22. The van der Waals surface area contributed by atoms with Crippen molar-refractivity contribution in [3.05, 3.63) is 23.8 Å². The third-order valence-corrected chi connectivity index (χ3v) is 2.45. The van der Waals surface area contributed by atoms with E-state index in [0.717, 1.165) is 5.56 Å². The molecule has 1 rings (SSSR count). The maximum absolute atomic E-state index is 11.7. The van der Waals surface area contributed by atoms with Crippen LogP contribution in [0.25, 0.3) is 0 Å². The van der Waals surface area contributed by atoms with E-state index in [1.807, 2.05) is 6.92 Å². The third-order valence-electron chi connectivity index (χ3n) is 2.45. The van der Waals surface area contributed by atoms with Crippen molar-refractivity contribution in [1.82, 2.24) is 0 Å². The molecule has 92 valence electrons. The molecule has 4 heteroatoms. The summed E-state index contributed by atoms with van der Waals surface area (Å²) in [6.07, 6.45) is 0.207. The number of nitrogens with one attached hydrogen (secondary N) is 1. The molecule has 1 amide bonds. The van der Waals surface area contributed by atoms with Gasteiger partial charge in [-0.1, -0.05) is 13.0 Å². The molecule has 0 heterocycles. The quantitative estimate of drug-likeness (QED) is 0.786. The van der Waals surface area contributed by atoms with Gasteiger partial charge in [-0.15, -0.1) is 0 Å². The summed E-state index contributed by atoms with van der Waals surface area (Å²) in [7, 11) is 0. The highest BCUT2D eigenvalue weighted by Gasteiger charge is 2.16. The second kappa shape index (κ2) is 5.48. The van der Waals surface area contributed by atoms with Crippen molar-refractivity contribution in [1.29, 1.82) is 0 Å². The number of phenols is 1. The summed E-state index contributed by atoms with van der Waals surface area (Å²) in [6.45, 7) is 5.01. The zero-order valence-corrected chi connectivity index (χ0v) is 10.3. The van der Waals surface area contributed by atoms with Crippen LogP contribution in [0.4, 0.5) is 5.69 Å². The van der Waals surface area contributed by atoms with Crippen molar-refractivity contribution in [2.75, 3.05) is 5.32 Å². The topological polar surface area (TPSA) is 66.4 Å². The highest BCUT2D eigenvalue weighted by Crippen LogP contribution is 2.24. The van der Waals surface area contributed by atoms with Gasteiger partial charge in [0.15, 0.2) is 0 Å². The lowest BCUT2D eigenvalue weighted by Gasteiger charge is -2.12. The molecule has 0 saturated heterocycles. The second-order valence-corrected chi connectivity index (χ2v) is 4.32. The summed E-state index contributed by atoms with van der Waals surface area (Å²) >= 11 is 0. The molecule has 0 aliphatic rings. The molecule has 4 nitrogen and oxygen atoms in total. The van der Waals surface area contributed by atoms with E-state index in [0.29, 0.717) is 5.69 Å². The molecule has 0 fully saturated rings. The Balaban J connectivity index is 2.73. The minimum atomic E-state index is -0.396. The van der Waals surface area contributed by atoms with E-state index >= 15 is 0 Å². The van der Waals surface area contributed by atoms with Crippen LogP contribution in [0.15, 0.2) is 18.2 Å². The highest BCUT2D eigenvalue weighted by atomic mass is 16.3. The predicted octanol–water partition coefficient (Wildman–Crippen LogP) is 2.25. The van der Waals surface area contributed by atoms with Crippen molar-refractivity contribution >= 4 is 17.4 Å². The summed E-state index contributed by atoms with van der Waals surface area (Å²) in [5.41, 5.74) is 1.32. The van der Waals surface area contributed by atoms with Crippen molar-refractivity contribution in [2.24, 2.45) is 5.92 Å². The van der Waals surface area contributed by atoms with Crippen LogP contribution in [0, 0.1) is 12.8 Å². The SMILES string of the molecule is CC(=O)CC(C)C(=O)Nc1cc(C)ccc1O. The summed E-state index contributed by atoms with van der Waals surface area (Å²) in [5, 5.41) is 12.2. The van der Waals surface area contributed by atoms with Crippen LogP contribution in [0.3, 0.4) is 0 Å². The Kier molecular flexibility index (Phi) is 4.26. The lowest BCUT2D eigenvalue weighted by atomic mass is 10.0. The van der Waals surface area contributed by atoms with Crippen molar-refractivity contribution < 1.29 is 14.7 Å². The molecule has 17 heavy (non-hydrogen) atoms. The van der Waals surface area contributed by atoms with Gasteiger partial charge in [0, 0.05) is 12.3 Å². The first-order valence-corrected chi connectivity index (χ1v) is 5.50. The number of Topliss-reactive ketones (excluding diaryl/α,β-unsaturated/α-hetero) is 1. The van der Waals surface area contributed by atoms with Gasteiger partial charge in [0.2, 0.25) is 5.91 Å². The summed E-state index contributed by atoms with van der Waals surface area (Å²) in [4.78, 5) is 22.6. The molecule has 1 aromatic rings. The van der Waals surface area contributed by atoms with Gasteiger partial charge in [0.1, 0.15) is 11.5 Å². The zero-order valence-electron chi connectivity index (χ0n) is 10.3. The van der Waals surface area contributed by atoms with E-state index in [-0.39, 0.29) is 23.9 Å². The number of benzene rings is 1. The van der Waals surface area contributed by atoms with E-state index in [1.165, 1.54) is 13.0 Å². The van der Waals surface area contributed by atoms with Crippen molar-refractivity contribution in [2.45, 2.75) is 27.2 Å².